The lowest BCUT2D eigenvalue weighted by Gasteiger charge is -2.29. The summed E-state index contributed by atoms with van der Waals surface area (Å²) in [6.45, 7) is 1.52. The van der Waals surface area contributed by atoms with E-state index in [2.05, 4.69) is 53.6 Å². The lowest BCUT2D eigenvalue weighted by Crippen LogP contribution is -2.40. The van der Waals surface area contributed by atoms with Crippen LogP contribution in [0.3, 0.4) is 0 Å². The molecule has 0 saturated heterocycles. The molecule has 0 saturated carbocycles. The van der Waals surface area contributed by atoms with Crippen LogP contribution in [0.5, 0.6) is 0 Å². The minimum atomic E-state index is 0.588. The largest absolute Gasteiger partial charge is 0.343 e. The Labute approximate surface area is 94.7 Å². The molecule has 2 heteroatoms. The Bertz CT molecular complexity index is 593. The fourth-order valence-electron chi connectivity index (χ4n) is 2.33. The Hall–Kier alpha value is -1.80. The molecular formula is C14H14N2. The van der Waals surface area contributed by atoms with Gasteiger partial charge in [0.25, 0.3) is 0 Å². The van der Waals surface area contributed by atoms with E-state index in [4.69, 9.17) is 5.73 Å². The summed E-state index contributed by atoms with van der Waals surface area (Å²) in [6, 6.07) is 8.48. The minimum absolute atomic E-state index is 0.588. The Morgan fingerprint density at radius 1 is 1.25 bits per heavy atom. The van der Waals surface area contributed by atoms with E-state index in [0.29, 0.717) is 6.54 Å². The summed E-state index contributed by atoms with van der Waals surface area (Å²) in [7, 11) is 0. The molecule has 0 spiro atoms. The van der Waals surface area contributed by atoms with Crippen LogP contribution in [0.25, 0.3) is 11.8 Å². The molecule has 0 fully saturated rings. The van der Waals surface area contributed by atoms with Crippen LogP contribution < -0.4 is 16.2 Å². The Morgan fingerprint density at radius 2 is 2.12 bits per heavy atom. The summed E-state index contributed by atoms with van der Waals surface area (Å²) in [4.78, 5) is 2.25. The number of fused-ring (bicyclic) bond motifs is 2. The third kappa shape index (κ3) is 1.31. The van der Waals surface area contributed by atoms with Gasteiger partial charge in [-0.2, -0.15) is 0 Å². The SMILES string of the molecule is NCC1=CC=CN2CC=c3ccccc3=C12. The molecule has 16 heavy (non-hydrogen) atoms. The first-order valence-electron chi connectivity index (χ1n) is 5.54. The highest BCUT2D eigenvalue weighted by atomic mass is 15.1. The van der Waals surface area contributed by atoms with Crippen molar-refractivity contribution in [3.05, 3.63) is 58.6 Å². The fourth-order valence-corrected chi connectivity index (χ4v) is 2.33. The van der Waals surface area contributed by atoms with E-state index in [-0.39, 0.29) is 0 Å². The van der Waals surface area contributed by atoms with E-state index < -0.39 is 0 Å². The minimum Gasteiger partial charge on any atom is -0.343 e. The first kappa shape index (κ1) is 9.43. The van der Waals surface area contributed by atoms with Gasteiger partial charge in [0.1, 0.15) is 0 Å². The van der Waals surface area contributed by atoms with E-state index in [0.717, 1.165) is 6.54 Å². The molecular weight excluding hydrogens is 196 g/mol. The summed E-state index contributed by atoms with van der Waals surface area (Å²) in [5.74, 6) is 0. The molecule has 2 aliphatic rings. The maximum absolute atomic E-state index is 5.81. The fraction of sp³-hybridized carbons (Fsp3) is 0.143. The summed E-state index contributed by atoms with van der Waals surface area (Å²) < 4.78 is 0. The Morgan fingerprint density at radius 3 is 3.00 bits per heavy atom. The number of rotatable bonds is 1. The van der Waals surface area contributed by atoms with Crippen molar-refractivity contribution in [1.82, 2.24) is 4.90 Å². The maximum atomic E-state index is 5.81. The smallest absolute Gasteiger partial charge is 0.0534 e. The van der Waals surface area contributed by atoms with Crippen molar-refractivity contribution in [3.63, 3.8) is 0 Å². The molecule has 1 aromatic carbocycles. The third-order valence-corrected chi connectivity index (χ3v) is 3.10. The molecule has 0 bridgehead atoms. The molecule has 1 aromatic rings. The molecule has 0 unspecified atom stereocenters. The molecule has 0 aromatic heterocycles. The molecule has 80 valence electrons. The number of hydrogen-bond donors (Lipinski definition) is 1. The van der Waals surface area contributed by atoms with Crippen molar-refractivity contribution in [2.24, 2.45) is 5.73 Å². The van der Waals surface area contributed by atoms with Gasteiger partial charge >= 0.3 is 0 Å². The molecule has 2 nitrogen and oxygen atoms in total. The highest BCUT2D eigenvalue weighted by Gasteiger charge is 2.16. The van der Waals surface area contributed by atoms with Gasteiger partial charge in [-0.05, 0) is 16.9 Å². The quantitative estimate of drug-likeness (QED) is 0.722. The topological polar surface area (TPSA) is 29.3 Å². The predicted molar refractivity (Wildman–Crippen MR) is 66.5 cm³/mol. The van der Waals surface area contributed by atoms with Crippen LogP contribution in [-0.4, -0.2) is 18.0 Å². The van der Waals surface area contributed by atoms with Gasteiger partial charge < -0.3 is 10.6 Å². The van der Waals surface area contributed by atoms with E-state index in [1.54, 1.807) is 0 Å². The highest BCUT2D eigenvalue weighted by Crippen LogP contribution is 2.20. The van der Waals surface area contributed by atoms with Crippen molar-refractivity contribution < 1.29 is 0 Å². The first-order chi connectivity index (χ1) is 7.90. The van der Waals surface area contributed by atoms with Crippen molar-refractivity contribution >= 4 is 11.8 Å². The zero-order valence-corrected chi connectivity index (χ0v) is 9.06. The first-order valence-corrected chi connectivity index (χ1v) is 5.54. The third-order valence-electron chi connectivity index (χ3n) is 3.10. The average molecular weight is 210 g/mol. The molecule has 2 heterocycles. The van der Waals surface area contributed by atoms with Gasteiger partial charge in [0, 0.05) is 24.5 Å². The lowest BCUT2D eigenvalue weighted by atomic mass is 10.0. The number of nitrogens with two attached hydrogens (primary N) is 1. The van der Waals surface area contributed by atoms with Crippen molar-refractivity contribution in [1.29, 1.82) is 0 Å². The summed E-state index contributed by atoms with van der Waals surface area (Å²) >= 11 is 0. The second-order valence-corrected chi connectivity index (χ2v) is 4.03. The summed E-state index contributed by atoms with van der Waals surface area (Å²) in [6.07, 6.45) is 8.53. The maximum Gasteiger partial charge on any atom is 0.0534 e. The van der Waals surface area contributed by atoms with Gasteiger partial charge in [0.05, 0.1) is 5.70 Å². The Kier molecular flexibility index (Phi) is 2.15. The van der Waals surface area contributed by atoms with Crippen LogP contribution in [0, 0.1) is 0 Å². The predicted octanol–water partition coefficient (Wildman–Crippen LogP) is 0.303. The van der Waals surface area contributed by atoms with Gasteiger partial charge in [0.2, 0.25) is 0 Å². The van der Waals surface area contributed by atoms with Crippen LogP contribution in [-0.2, 0) is 0 Å². The van der Waals surface area contributed by atoms with E-state index >= 15 is 0 Å². The van der Waals surface area contributed by atoms with Crippen LogP contribution in [0.4, 0.5) is 0 Å². The number of hydrogen-bond acceptors (Lipinski definition) is 2. The van der Waals surface area contributed by atoms with Crippen molar-refractivity contribution in [2.45, 2.75) is 0 Å². The number of benzene rings is 1. The van der Waals surface area contributed by atoms with Crippen LogP contribution >= 0.6 is 0 Å². The number of allylic oxidation sites excluding steroid dienone is 2. The van der Waals surface area contributed by atoms with E-state index in [9.17, 15) is 0 Å². The second-order valence-electron chi connectivity index (χ2n) is 4.03. The molecule has 2 aliphatic heterocycles. The molecule has 3 rings (SSSR count). The van der Waals surface area contributed by atoms with Gasteiger partial charge in [-0.3, -0.25) is 0 Å². The van der Waals surface area contributed by atoms with Crippen LogP contribution in [0.15, 0.2) is 48.2 Å². The zero-order chi connectivity index (χ0) is 11.0. The Balaban J connectivity index is 2.37. The van der Waals surface area contributed by atoms with Crippen molar-refractivity contribution in [2.75, 3.05) is 13.1 Å². The molecule has 0 aliphatic carbocycles. The van der Waals surface area contributed by atoms with Gasteiger partial charge in [-0.25, -0.2) is 0 Å². The summed E-state index contributed by atoms with van der Waals surface area (Å²) in [5, 5.41) is 2.60. The molecule has 0 amide bonds. The van der Waals surface area contributed by atoms with Gasteiger partial charge in [-0.15, -0.1) is 0 Å². The van der Waals surface area contributed by atoms with Gasteiger partial charge in [0.15, 0.2) is 0 Å². The van der Waals surface area contributed by atoms with Crippen molar-refractivity contribution in [3.8, 4) is 0 Å². The van der Waals surface area contributed by atoms with Crippen LogP contribution in [0.1, 0.15) is 0 Å². The number of nitrogens with zero attached hydrogens (tertiary/aromatic N) is 1. The highest BCUT2D eigenvalue weighted by molar-refractivity contribution is 5.69. The van der Waals surface area contributed by atoms with E-state index in [1.165, 1.54) is 21.7 Å². The normalized spacial score (nSPS) is 17.4. The second kappa shape index (κ2) is 3.65. The standard InChI is InChI=1S/C14H14N2/c15-10-12-5-3-8-16-9-7-11-4-1-2-6-13(11)14(12)16/h1-8H,9-10,15H2. The molecule has 0 radical (unpaired) electrons. The van der Waals surface area contributed by atoms with Gasteiger partial charge in [-0.1, -0.05) is 36.4 Å². The lowest BCUT2D eigenvalue weighted by molar-refractivity contribution is 0.588. The van der Waals surface area contributed by atoms with E-state index in [1.807, 2.05) is 0 Å². The van der Waals surface area contributed by atoms with Crippen LogP contribution in [0.2, 0.25) is 0 Å². The summed E-state index contributed by atoms with van der Waals surface area (Å²) in [5.41, 5.74) is 8.29. The molecule has 0 atom stereocenters. The molecule has 2 N–H and O–H groups in total. The zero-order valence-electron chi connectivity index (χ0n) is 9.06. The average Bonchev–Trinajstić information content (AvgIpc) is 2.37. The monoisotopic (exact) mass is 210 g/mol.